The van der Waals surface area contributed by atoms with E-state index in [0.29, 0.717) is 17.5 Å². The predicted octanol–water partition coefficient (Wildman–Crippen LogP) is 4.20. The molecule has 3 heteroatoms. The first-order valence-corrected chi connectivity index (χ1v) is 6.17. The molecule has 1 aromatic rings. The Kier molecular flexibility index (Phi) is 5.47. The first-order valence-electron chi connectivity index (χ1n) is 5.79. The number of rotatable bonds is 6. The summed E-state index contributed by atoms with van der Waals surface area (Å²) < 4.78 is 5.37. The maximum absolute atomic E-state index is 6.08. The number of nitrogens with one attached hydrogen (secondary N) is 1. The molecule has 1 aromatic carbocycles. The molecule has 1 N–H and O–H groups in total. The third-order valence-corrected chi connectivity index (χ3v) is 2.58. The Hall–Kier alpha value is -0.890. The van der Waals surface area contributed by atoms with Crippen LogP contribution in [0.3, 0.4) is 0 Å². The second kappa shape index (κ2) is 6.64. The molecule has 0 bridgehead atoms. The summed E-state index contributed by atoms with van der Waals surface area (Å²) in [5.41, 5.74) is 1.05. The summed E-state index contributed by atoms with van der Waals surface area (Å²) in [6, 6.07) is 5.81. The van der Waals surface area contributed by atoms with Crippen LogP contribution in [0.5, 0.6) is 5.75 Å². The highest BCUT2D eigenvalue weighted by Crippen LogP contribution is 2.27. The number of benzene rings is 1. The number of hydrogen-bond donors (Lipinski definition) is 1. The van der Waals surface area contributed by atoms with E-state index in [0.717, 1.165) is 24.4 Å². The Morgan fingerprint density at radius 2 is 2.12 bits per heavy atom. The van der Waals surface area contributed by atoms with Gasteiger partial charge in [0.05, 0.1) is 11.6 Å². The topological polar surface area (TPSA) is 21.3 Å². The van der Waals surface area contributed by atoms with Crippen LogP contribution in [-0.4, -0.2) is 13.2 Å². The zero-order chi connectivity index (χ0) is 12.0. The molecule has 0 aromatic heterocycles. The van der Waals surface area contributed by atoms with Crippen LogP contribution in [0, 0.1) is 5.92 Å². The summed E-state index contributed by atoms with van der Waals surface area (Å²) in [6.45, 7) is 7.99. The van der Waals surface area contributed by atoms with Crippen molar-refractivity contribution in [3.63, 3.8) is 0 Å². The van der Waals surface area contributed by atoms with Gasteiger partial charge in [0.2, 0.25) is 0 Å². The number of ether oxygens (including phenoxy) is 1. The van der Waals surface area contributed by atoms with E-state index in [1.54, 1.807) is 0 Å². The quantitative estimate of drug-likeness (QED) is 0.806. The Morgan fingerprint density at radius 3 is 2.69 bits per heavy atom. The Bertz CT molecular complexity index is 326. The van der Waals surface area contributed by atoms with Crippen LogP contribution in [0.15, 0.2) is 18.2 Å². The van der Waals surface area contributed by atoms with Gasteiger partial charge in [0.1, 0.15) is 5.75 Å². The summed E-state index contributed by atoms with van der Waals surface area (Å²) in [6.07, 6.45) is 1.16. The molecule has 0 saturated carbocycles. The van der Waals surface area contributed by atoms with Gasteiger partial charge in [-0.2, -0.15) is 0 Å². The minimum atomic E-state index is 0.639. The lowest BCUT2D eigenvalue weighted by molar-refractivity contribution is 0.340. The smallest absolute Gasteiger partial charge is 0.138 e. The molecular formula is C13H20ClNO. The molecule has 0 aliphatic carbocycles. The first kappa shape index (κ1) is 13.2. The molecule has 0 unspecified atom stereocenters. The molecule has 90 valence electrons. The average molecular weight is 242 g/mol. The summed E-state index contributed by atoms with van der Waals surface area (Å²) in [7, 11) is 0. The van der Waals surface area contributed by atoms with E-state index in [1.165, 1.54) is 0 Å². The molecule has 0 fully saturated rings. The first-order chi connectivity index (χ1) is 7.63. The summed E-state index contributed by atoms with van der Waals surface area (Å²) in [5, 5.41) is 4.01. The van der Waals surface area contributed by atoms with E-state index >= 15 is 0 Å². The predicted molar refractivity (Wildman–Crippen MR) is 70.6 cm³/mol. The van der Waals surface area contributed by atoms with E-state index in [4.69, 9.17) is 16.3 Å². The van der Waals surface area contributed by atoms with E-state index < -0.39 is 0 Å². The van der Waals surface area contributed by atoms with Crippen molar-refractivity contribution < 1.29 is 4.74 Å². The van der Waals surface area contributed by atoms with Crippen molar-refractivity contribution in [1.29, 1.82) is 0 Å². The third-order valence-electron chi connectivity index (χ3n) is 2.28. The van der Waals surface area contributed by atoms with Gasteiger partial charge in [-0.1, -0.05) is 25.4 Å². The lowest BCUT2D eigenvalue weighted by atomic mass is 10.1. The zero-order valence-electron chi connectivity index (χ0n) is 10.2. The van der Waals surface area contributed by atoms with E-state index in [1.807, 2.05) is 25.1 Å². The maximum Gasteiger partial charge on any atom is 0.138 e. The number of anilines is 1. The highest BCUT2D eigenvalue weighted by Gasteiger charge is 2.02. The van der Waals surface area contributed by atoms with Crippen LogP contribution in [0.1, 0.15) is 27.2 Å². The molecule has 0 radical (unpaired) electrons. The van der Waals surface area contributed by atoms with Gasteiger partial charge >= 0.3 is 0 Å². The molecule has 0 heterocycles. The van der Waals surface area contributed by atoms with Crippen molar-refractivity contribution in [1.82, 2.24) is 0 Å². The van der Waals surface area contributed by atoms with Crippen molar-refractivity contribution in [2.75, 3.05) is 18.5 Å². The monoisotopic (exact) mass is 241 g/mol. The third kappa shape index (κ3) is 4.31. The standard InChI is InChI=1S/C13H20ClNO/c1-4-16-13-6-5-11(9-12(13)14)15-8-7-10(2)3/h5-6,9-10,15H,4,7-8H2,1-3H3. The molecule has 2 nitrogen and oxygen atoms in total. The molecule has 0 amide bonds. The minimum absolute atomic E-state index is 0.639. The van der Waals surface area contributed by atoms with E-state index in [9.17, 15) is 0 Å². The molecule has 1 rings (SSSR count). The molecule has 16 heavy (non-hydrogen) atoms. The van der Waals surface area contributed by atoms with Gasteiger partial charge in [0.25, 0.3) is 0 Å². The van der Waals surface area contributed by atoms with Gasteiger partial charge in [0, 0.05) is 12.2 Å². The van der Waals surface area contributed by atoms with Crippen LogP contribution in [0.25, 0.3) is 0 Å². The van der Waals surface area contributed by atoms with Crippen LogP contribution >= 0.6 is 11.6 Å². The zero-order valence-corrected chi connectivity index (χ0v) is 11.0. The van der Waals surface area contributed by atoms with Crippen molar-refractivity contribution in [2.45, 2.75) is 27.2 Å². The SMILES string of the molecule is CCOc1ccc(NCCC(C)C)cc1Cl. The molecule has 0 spiro atoms. The van der Waals surface area contributed by atoms with Crippen molar-refractivity contribution in [3.8, 4) is 5.75 Å². The Labute approximate surface area is 103 Å². The summed E-state index contributed by atoms with van der Waals surface area (Å²) >= 11 is 6.08. The van der Waals surface area contributed by atoms with Crippen LogP contribution < -0.4 is 10.1 Å². The van der Waals surface area contributed by atoms with Gasteiger partial charge in [-0.25, -0.2) is 0 Å². The lowest BCUT2D eigenvalue weighted by Gasteiger charge is -2.10. The molecule has 0 saturated heterocycles. The normalized spacial score (nSPS) is 10.6. The van der Waals surface area contributed by atoms with E-state index in [-0.39, 0.29) is 0 Å². The number of hydrogen-bond acceptors (Lipinski definition) is 2. The van der Waals surface area contributed by atoms with Crippen LogP contribution in [0.2, 0.25) is 5.02 Å². The van der Waals surface area contributed by atoms with Crippen molar-refractivity contribution in [2.24, 2.45) is 5.92 Å². The molecule has 0 aliphatic heterocycles. The highest BCUT2D eigenvalue weighted by molar-refractivity contribution is 6.32. The number of halogens is 1. The van der Waals surface area contributed by atoms with Crippen molar-refractivity contribution in [3.05, 3.63) is 23.2 Å². The van der Waals surface area contributed by atoms with Crippen LogP contribution in [-0.2, 0) is 0 Å². The van der Waals surface area contributed by atoms with Gasteiger partial charge in [0.15, 0.2) is 0 Å². The fourth-order valence-electron chi connectivity index (χ4n) is 1.39. The second-order valence-electron chi connectivity index (χ2n) is 4.19. The molecule has 0 aliphatic rings. The van der Waals surface area contributed by atoms with Crippen LogP contribution in [0.4, 0.5) is 5.69 Å². The highest BCUT2D eigenvalue weighted by atomic mass is 35.5. The fourth-order valence-corrected chi connectivity index (χ4v) is 1.62. The maximum atomic E-state index is 6.08. The van der Waals surface area contributed by atoms with Gasteiger partial charge in [-0.3, -0.25) is 0 Å². The molecular weight excluding hydrogens is 222 g/mol. The molecule has 0 atom stereocenters. The van der Waals surface area contributed by atoms with Gasteiger partial charge in [-0.15, -0.1) is 0 Å². The Balaban J connectivity index is 2.52. The van der Waals surface area contributed by atoms with Crippen molar-refractivity contribution >= 4 is 17.3 Å². The fraction of sp³-hybridized carbons (Fsp3) is 0.538. The minimum Gasteiger partial charge on any atom is -0.492 e. The second-order valence-corrected chi connectivity index (χ2v) is 4.59. The van der Waals surface area contributed by atoms with E-state index in [2.05, 4.69) is 19.2 Å². The summed E-state index contributed by atoms with van der Waals surface area (Å²) in [5.74, 6) is 1.46. The lowest BCUT2D eigenvalue weighted by Crippen LogP contribution is -2.04. The Morgan fingerprint density at radius 1 is 1.38 bits per heavy atom. The van der Waals surface area contributed by atoms with Gasteiger partial charge in [-0.05, 0) is 37.5 Å². The van der Waals surface area contributed by atoms with Gasteiger partial charge < -0.3 is 10.1 Å². The summed E-state index contributed by atoms with van der Waals surface area (Å²) in [4.78, 5) is 0. The average Bonchev–Trinajstić information content (AvgIpc) is 2.21. The largest absolute Gasteiger partial charge is 0.492 e.